The number of hydrogen-bond acceptors (Lipinski definition) is 7. The van der Waals surface area contributed by atoms with Crippen LogP contribution in [0.2, 0.25) is 0 Å². The summed E-state index contributed by atoms with van der Waals surface area (Å²) < 4.78 is 11.6. The molecule has 2 aliphatic rings. The second kappa shape index (κ2) is 21.8. The van der Waals surface area contributed by atoms with Gasteiger partial charge in [0, 0.05) is 12.3 Å². The lowest BCUT2D eigenvalue weighted by molar-refractivity contribution is -0.148. The maximum Gasteiger partial charge on any atom is 0.407 e. The number of alkyl carbamates (subject to hydrolysis) is 1. The summed E-state index contributed by atoms with van der Waals surface area (Å²) in [6.45, 7) is 7.36. The van der Waals surface area contributed by atoms with Crippen molar-refractivity contribution in [3.05, 3.63) is 121 Å². The molecule has 5 rings (SSSR count). The van der Waals surface area contributed by atoms with Crippen molar-refractivity contribution in [3.63, 3.8) is 0 Å². The average molecular weight is 764 g/mol. The van der Waals surface area contributed by atoms with Crippen molar-refractivity contribution in [1.29, 1.82) is 0 Å². The van der Waals surface area contributed by atoms with Crippen molar-refractivity contribution in [2.24, 2.45) is 11.8 Å². The summed E-state index contributed by atoms with van der Waals surface area (Å²) in [6.07, 6.45) is 9.97. The summed E-state index contributed by atoms with van der Waals surface area (Å²) in [5.74, 6) is -1.78. The zero-order chi connectivity index (χ0) is 39.7. The predicted octanol–water partition coefficient (Wildman–Crippen LogP) is 7.16. The summed E-state index contributed by atoms with van der Waals surface area (Å²) >= 11 is 0. The van der Waals surface area contributed by atoms with E-state index < -0.39 is 36.1 Å². The number of amides is 3. The first-order chi connectivity index (χ1) is 27.3. The quantitative estimate of drug-likeness (QED) is 0.0666. The summed E-state index contributed by atoms with van der Waals surface area (Å²) in [5.41, 5.74) is 5.39. The Kier molecular flexibility index (Phi) is 16.3. The topological polar surface area (TPSA) is 143 Å². The Morgan fingerprint density at radius 1 is 0.786 bits per heavy atom. The monoisotopic (exact) mass is 763 g/mol. The largest absolute Gasteiger partial charge is 0.462 e. The minimum absolute atomic E-state index is 0.0886. The van der Waals surface area contributed by atoms with E-state index in [9.17, 15) is 24.3 Å². The molecule has 3 amide bonds. The third-order valence-electron chi connectivity index (χ3n) is 10.9. The second-order valence-electron chi connectivity index (χ2n) is 15.0. The van der Waals surface area contributed by atoms with Gasteiger partial charge in [0.25, 0.3) is 0 Å². The fourth-order valence-electron chi connectivity index (χ4n) is 7.97. The molecule has 1 fully saturated rings. The summed E-state index contributed by atoms with van der Waals surface area (Å²) in [5, 5.41) is 18.6. The highest BCUT2D eigenvalue weighted by atomic mass is 16.6. The Bertz CT molecular complexity index is 1730. The molecule has 4 unspecified atom stereocenters. The molecule has 0 spiro atoms. The second-order valence-corrected chi connectivity index (χ2v) is 15.0. The van der Waals surface area contributed by atoms with Crippen LogP contribution in [0.1, 0.15) is 86.8 Å². The van der Waals surface area contributed by atoms with Crippen molar-refractivity contribution in [2.45, 2.75) is 94.7 Å². The molecular formula is C46H57N3O7. The number of carbonyl (C=O) groups excluding carboxylic acids is 4. The zero-order valence-corrected chi connectivity index (χ0v) is 32.3. The van der Waals surface area contributed by atoms with Gasteiger partial charge >= 0.3 is 12.1 Å². The van der Waals surface area contributed by atoms with E-state index in [4.69, 9.17) is 9.47 Å². The van der Waals surface area contributed by atoms with E-state index in [2.05, 4.69) is 41.2 Å². The molecule has 0 saturated heterocycles. The van der Waals surface area contributed by atoms with Crippen molar-refractivity contribution < 1.29 is 33.8 Å². The van der Waals surface area contributed by atoms with E-state index >= 15 is 0 Å². The van der Waals surface area contributed by atoms with E-state index in [1.54, 1.807) is 12.2 Å². The lowest BCUT2D eigenvalue weighted by atomic mass is 9.84. The molecule has 0 aromatic heterocycles. The maximum absolute atomic E-state index is 13.8. The molecule has 0 aliphatic heterocycles. The van der Waals surface area contributed by atoms with Crippen molar-refractivity contribution in [1.82, 2.24) is 16.0 Å². The molecular weight excluding hydrogens is 707 g/mol. The van der Waals surface area contributed by atoms with Gasteiger partial charge in [-0.2, -0.15) is 0 Å². The van der Waals surface area contributed by atoms with Crippen LogP contribution >= 0.6 is 0 Å². The molecule has 3 aromatic carbocycles. The highest BCUT2D eigenvalue weighted by molar-refractivity contribution is 5.86. The van der Waals surface area contributed by atoms with Gasteiger partial charge in [-0.3, -0.25) is 9.59 Å². The number of hydrogen-bond donors (Lipinski definition) is 4. The number of aliphatic hydroxyl groups excluding tert-OH is 1. The Balaban J connectivity index is 1.19. The number of benzene rings is 3. The normalized spacial score (nSPS) is 15.9. The minimum atomic E-state index is -0.984. The first-order valence-electron chi connectivity index (χ1n) is 20.0. The molecule has 298 valence electrons. The van der Waals surface area contributed by atoms with Crippen LogP contribution in [0.25, 0.3) is 11.1 Å². The predicted molar refractivity (Wildman–Crippen MR) is 218 cm³/mol. The summed E-state index contributed by atoms with van der Waals surface area (Å²) in [4.78, 5) is 53.6. The van der Waals surface area contributed by atoms with E-state index in [0.29, 0.717) is 25.2 Å². The van der Waals surface area contributed by atoms with E-state index in [-0.39, 0.29) is 56.8 Å². The lowest BCUT2D eigenvalue weighted by Crippen LogP contribution is -2.47. The highest BCUT2D eigenvalue weighted by Gasteiger charge is 2.31. The van der Waals surface area contributed by atoms with Crippen LogP contribution in [0.15, 0.2) is 104 Å². The molecule has 3 aromatic rings. The maximum atomic E-state index is 13.8. The van der Waals surface area contributed by atoms with E-state index in [0.717, 1.165) is 53.5 Å². The molecule has 4 N–H and O–H groups in total. The fourth-order valence-corrected chi connectivity index (χ4v) is 7.97. The molecule has 56 heavy (non-hydrogen) atoms. The fraction of sp³-hybridized carbons (Fsp3) is 0.435. The van der Waals surface area contributed by atoms with Crippen LogP contribution < -0.4 is 16.0 Å². The highest BCUT2D eigenvalue weighted by Crippen LogP contribution is 2.44. The summed E-state index contributed by atoms with van der Waals surface area (Å²) in [7, 11) is 0. The number of fused-ring (bicyclic) bond motifs is 3. The molecule has 4 atom stereocenters. The molecule has 2 aliphatic carbocycles. The van der Waals surface area contributed by atoms with Crippen LogP contribution in [0.4, 0.5) is 4.79 Å². The molecule has 0 radical (unpaired) electrons. The van der Waals surface area contributed by atoms with Crippen LogP contribution in [0.5, 0.6) is 0 Å². The molecule has 10 heteroatoms. The first kappa shape index (κ1) is 41.9. The number of ether oxygens (including phenoxy) is 2. The van der Waals surface area contributed by atoms with E-state index in [1.807, 2.05) is 66.7 Å². The van der Waals surface area contributed by atoms with Gasteiger partial charge in [-0.1, -0.05) is 123 Å². The molecule has 1 saturated carbocycles. The average Bonchev–Trinajstić information content (AvgIpc) is 3.54. The number of nitrogens with one attached hydrogen (secondary N) is 3. The molecule has 10 nitrogen and oxygen atoms in total. The third-order valence-corrected chi connectivity index (χ3v) is 10.9. The van der Waals surface area contributed by atoms with Gasteiger partial charge in [0.1, 0.15) is 19.3 Å². The van der Waals surface area contributed by atoms with Gasteiger partial charge < -0.3 is 30.5 Å². The standard InChI is InChI=1S/C46H57N3O7/c1-3-5-25-42(49-46(54)56-31-41-39-23-14-12-21-37(39)38-22-13-15-24-40(38)41)45(53)55-30-36(27-33-19-10-7-11-20-33)48-44(52)34(16-4-2)28-43(51)47-35(29-50)26-32-17-8-6-9-18-32/h3-4,6,8-9,12-15,17-18,21-24,33-36,41-42,50H,1-2,5,7,10-11,16,19-20,25-31H2,(H,47,51)(H,48,52)(H,49,54). The smallest absolute Gasteiger partial charge is 0.407 e. The van der Waals surface area contributed by atoms with E-state index in [1.165, 1.54) is 6.42 Å². The van der Waals surface area contributed by atoms with Crippen LogP contribution in [-0.4, -0.2) is 66.9 Å². The number of esters is 1. The Morgan fingerprint density at radius 3 is 2.09 bits per heavy atom. The van der Waals surface area contributed by atoms with Gasteiger partial charge in [0.2, 0.25) is 11.8 Å². The van der Waals surface area contributed by atoms with Crippen LogP contribution in [0.3, 0.4) is 0 Å². The first-order valence-corrected chi connectivity index (χ1v) is 20.0. The number of rotatable bonds is 21. The minimum Gasteiger partial charge on any atom is -0.462 e. The van der Waals surface area contributed by atoms with Crippen LogP contribution in [-0.2, 0) is 30.3 Å². The zero-order valence-electron chi connectivity index (χ0n) is 32.3. The molecule has 0 heterocycles. The van der Waals surface area contributed by atoms with Crippen molar-refractivity contribution in [2.75, 3.05) is 19.8 Å². The number of carbonyl (C=O) groups is 4. The number of allylic oxidation sites excluding steroid dienone is 2. The third kappa shape index (κ3) is 12.1. The van der Waals surface area contributed by atoms with Crippen molar-refractivity contribution in [3.8, 4) is 11.1 Å². The van der Waals surface area contributed by atoms with Crippen molar-refractivity contribution >= 4 is 23.9 Å². The van der Waals surface area contributed by atoms with Gasteiger partial charge in [-0.05, 0) is 65.8 Å². The lowest BCUT2D eigenvalue weighted by Gasteiger charge is -2.29. The van der Waals surface area contributed by atoms with Gasteiger partial charge in [0.15, 0.2) is 0 Å². The van der Waals surface area contributed by atoms with Crippen LogP contribution in [0, 0.1) is 11.8 Å². The Hall–Kier alpha value is -5.22. The van der Waals surface area contributed by atoms with Gasteiger partial charge in [-0.15, -0.1) is 13.2 Å². The van der Waals surface area contributed by atoms with Gasteiger partial charge in [0.05, 0.1) is 24.6 Å². The van der Waals surface area contributed by atoms with Gasteiger partial charge in [-0.25, -0.2) is 9.59 Å². The Labute approximate surface area is 331 Å². The molecule has 0 bridgehead atoms. The SMILES string of the molecule is C=CCCC(NC(=O)OCC1c2ccccc2-c2ccccc21)C(=O)OCC(CC1CCCCC1)NC(=O)C(CC=C)CC(=O)NC(CO)Cc1ccccc1. The Morgan fingerprint density at radius 2 is 1.45 bits per heavy atom. The summed E-state index contributed by atoms with van der Waals surface area (Å²) in [6, 6.07) is 23.8. The number of aliphatic hydroxyl groups is 1.